The van der Waals surface area contributed by atoms with E-state index in [1.54, 1.807) is 11.3 Å². The van der Waals surface area contributed by atoms with Crippen molar-refractivity contribution in [2.24, 2.45) is 5.92 Å². The van der Waals surface area contributed by atoms with Crippen molar-refractivity contribution in [1.82, 2.24) is 4.90 Å². The molecule has 1 aliphatic heterocycles. The Kier molecular flexibility index (Phi) is 4.49. The van der Waals surface area contributed by atoms with E-state index in [0.717, 1.165) is 35.4 Å². The predicted octanol–water partition coefficient (Wildman–Crippen LogP) is 2.30. The summed E-state index contributed by atoms with van der Waals surface area (Å²) in [5.41, 5.74) is 1.88. The summed E-state index contributed by atoms with van der Waals surface area (Å²) in [6, 6.07) is 0. The molecule has 0 aromatic carbocycles. The fourth-order valence-corrected chi connectivity index (χ4v) is 4.60. The highest BCUT2D eigenvalue weighted by atomic mass is 32.1. The number of rotatable bonds is 2. The average molecular weight is 322 g/mol. The van der Waals surface area contributed by atoms with Crippen molar-refractivity contribution in [2.45, 2.75) is 33.1 Å². The second-order valence-electron chi connectivity index (χ2n) is 6.14. The maximum Gasteiger partial charge on any atom is 0.257 e. The lowest BCUT2D eigenvalue weighted by Crippen LogP contribution is -2.41. The second kappa shape index (κ2) is 6.38. The van der Waals surface area contributed by atoms with E-state index in [-0.39, 0.29) is 11.8 Å². The van der Waals surface area contributed by atoms with Crippen LogP contribution < -0.4 is 5.32 Å². The van der Waals surface area contributed by atoms with Gasteiger partial charge in [-0.25, -0.2) is 0 Å². The van der Waals surface area contributed by atoms with E-state index in [1.165, 1.54) is 11.8 Å². The summed E-state index contributed by atoms with van der Waals surface area (Å²) in [5, 5.41) is 3.59. The van der Waals surface area contributed by atoms with Crippen LogP contribution in [0.1, 0.15) is 41.1 Å². The maximum absolute atomic E-state index is 12.9. The maximum atomic E-state index is 12.9. The minimum absolute atomic E-state index is 0.0408. The first kappa shape index (κ1) is 15.5. The number of hydrogen-bond acceptors (Lipinski definition) is 4. The van der Waals surface area contributed by atoms with Gasteiger partial charge < -0.3 is 15.0 Å². The number of amides is 2. The molecule has 6 heteroatoms. The van der Waals surface area contributed by atoms with E-state index < -0.39 is 0 Å². The lowest BCUT2D eigenvalue weighted by molar-refractivity contribution is -0.114. The number of carbonyl (C=O) groups excluding carboxylic acids is 2. The lowest BCUT2D eigenvalue weighted by atomic mass is 9.88. The number of nitrogens with one attached hydrogen (secondary N) is 1. The number of anilines is 1. The Hall–Kier alpha value is -1.40. The van der Waals surface area contributed by atoms with Gasteiger partial charge >= 0.3 is 0 Å². The Morgan fingerprint density at radius 2 is 2.05 bits per heavy atom. The lowest BCUT2D eigenvalue weighted by Gasteiger charge is -2.28. The third-order valence-electron chi connectivity index (χ3n) is 4.31. The number of carbonyl (C=O) groups is 2. The Bertz CT molecular complexity index is 590. The largest absolute Gasteiger partial charge is 0.378 e. The van der Waals surface area contributed by atoms with Crippen molar-refractivity contribution in [2.75, 3.05) is 31.6 Å². The molecule has 0 unspecified atom stereocenters. The molecule has 5 nitrogen and oxygen atoms in total. The van der Waals surface area contributed by atoms with Gasteiger partial charge in [-0.1, -0.05) is 6.92 Å². The topological polar surface area (TPSA) is 58.6 Å². The van der Waals surface area contributed by atoms with Gasteiger partial charge in [0.15, 0.2) is 0 Å². The van der Waals surface area contributed by atoms with Gasteiger partial charge in [0.25, 0.3) is 5.91 Å². The summed E-state index contributed by atoms with van der Waals surface area (Å²) >= 11 is 1.58. The molecule has 1 fully saturated rings. The monoisotopic (exact) mass is 322 g/mol. The quantitative estimate of drug-likeness (QED) is 0.909. The Labute approximate surface area is 134 Å². The molecule has 1 aliphatic carbocycles. The van der Waals surface area contributed by atoms with Gasteiger partial charge in [-0.05, 0) is 30.7 Å². The first-order valence-corrected chi connectivity index (χ1v) is 8.67. The van der Waals surface area contributed by atoms with Gasteiger partial charge in [0, 0.05) is 24.9 Å². The predicted molar refractivity (Wildman–Crippen MR) is 86.5 cm³/mol. The highest BCUT2D eigenvalue weighted by Crippen LogP contribution is 2.40. The van der Waals surface area contributed by atoms with Crippen LogP contribution in [0.15, 0.2) is 0 Å². The molecular weight excluding hydrogens is 300 g/mol. The molecule has 1 saturated heterocycles. The Balaban J connectivity index is 1.96. The minimum Gasteiger partial charge on any atom is -0.378 e. The van der Waals surface area contributed by atoms with Gasteiger partial charge in [0.05, 0.1) is 18.8 Å². The smallest absolute Gasteiger partial charge is 0.257 e. The highest BCUT2D eigenvalue weighted by molar-refractivity contribution is 7.17. The molecule has 1 aromatic heterocycles. The number of hydrogen-bond donors (Lipinski definition) is 1. The van der Waals surface area contributed by atoms with Crippen molar-refractivity contribution in [3.8, 4) is 0 Å². The molecule has 0 spiro atoms. The van der Waals surface area contributed by atoms with Crippen LogP contribution in [-0.2, 0) is 22.4 Å². The molecule has 2 heterocycles. The number of thiophene rings is 1. The van der Waals surface area contributed by atoms with Crippen LogP contribution in [0.2, 0.25) is 0 Å². The highest BCUT2D eigenvalue weighted by Gasteiger charge is 2.30. The molecule has 120 valence electrons. The van der Waals surface area contributed by atoms with E-state index in [9.17, 15) is 9.59 Å². The molecule has 3 rings (SSSR count). The zero-order valence-electron chi connectivity index (χ0n) is 13.1. The first-order chi connectivity index (χ1) is 10.6. The number of nitrogens with zero attached hydrogens (tertiary/aromatic N) is 1. The van der Waals surface area contributed by atoms with Crippen LogP contribution in [0.25, 0.3) is 0 Å². The van der Waals surface area contributed by atoms with Crippen LogP contribution in [0, 0.1) is 5.92 Å². The van der Waals surface area contributed by atoms with Gasteiger partial charge in [0.2, 0.25) is 5.91 Å². The number of fused-ring (bicyclic) bond motifs is 1. The van der Waals surface area contributed by atoms with Crippen molar-refractivity contribution < 1.29 is 14.3 Å². The molecule has 0 bridgehead atoms. The molecule has 0 saturated carbocycles. The molecule has 0 radical (unpaired) electrons. The molecule has 2 amide bonds. The summed E-state index contributed by atoms with van der Waals surface area (Å²) in [4.78, 5) is 27.5. The fourth-order valence-electron chi connectivity index (χ4n) is 3.15. The number of morpholine rings is 1. The van der Waals surface area contributed by atoms with Gasteiger partial charge in [-0.3, -0.25) is 9.59 Å². The van der Waals surface area contributed by atoms with Crippen LogP contribution in [-0.4, -0.2) is 43.0 Å². The van der Waals surface area contributed by atoms with Crippen molar-refractivity contribution >= 4 is 28.2 Å². The van der Waals surface area contributed by atoms with E-state index in [1.807, 2.05) is 4.90 Å². The molecule has 22 heavy (non-hydrogen) atoms. The van der Waals surface area contributed by atoms with E-state index in [2.05, 4.69) is 12.2 Å². The first-order valence-electron chi connectivity index (χ1n) is 7.85. The third kappa shape index (κ3) is 3.03. The summed E-state index contributed by atoms with van der Waals surface area (Å²) in [6.45, 7) is 6.16. The van der Waals surface area contributed by atoms with Crippen LogP contribution in [0.4, 0.5) is 5.00 Å². The molecule has 1 N–H and O–H groups in total. The van der Waals surface area contributed by atoms with Crippen LogP contribution >= 0.6 is 11.3 Å². The van der Waals surface area contributed by atoms with E-state index >= 15 is 0 Å². The minimum atomic E-state index is -0.123. The zero-order chi connectivity index (χ0) is 15.7. The molecule has 1 atom stereocenters. The molecular formula is C16H22N2O3S. The fraction of sp³-hybridized carbons (Fsp3) is 0.625. The Morgan fingerprint density at radius 1 is 1.32 bits per heavy atom. The number of ether oxygens (including phenoxy) is 1. The standard InChI is InChI=1S/C16H22N2O3S/c1-10-3-4-12-13(9-10)22-15(17-11(2)19)14(12)16(20)18-5-7-21-8-6-18/h10H,3-9H2,1-2H3,(H,17,19)/t10-/m0/s1. The SMILES string of the molecule is CC(=O)Nc1sc2c(c1C(=O)N1CCOCC1)CC[C@H](C)C2. The second-order valence-corrected chi connectivity index (χ2v) is 7.25. The zero-order valence-corrected chi connectivity index (χ0v) is 13.9. The molecule has 1 aromatic rings. The van der Waals surface area contributed by atoms with Crippen molar-refractivity contribution in [1.29, 1.82) is 0 Å². The van der Waals surface area contributed by atoms with E-state index in [4.69, 9.17) is 4.74 Å². The third-order valence-corrected chi connectivity index (χ3v) is 5.48. The average Bonchev–Trinajstić information content (AvgIpc) is 2.83. The summed E-state index contributed by atoms with van der Waals surface area (Å²) in [7, 11) is 0. The summed E-state index contributed by atoms with van der Waals surface area (Å²) < 4.78 is 5.33. The van der Waals surface area contributed by atoms with Crippen LogP contribution in [0.3, 0.4) is 0 Å². The van der Waals surface area contributed by atoms with Gasteiger partial charge in [-0.15, -0.1) is 11.3 Å². The summed E-state index contributed by atoms with van der Waals surface area (Å²) in [5.74, 6) is 0.560. The van der Waals surface area contributed by atoms with Crippen molar-refractivity contribution in [3.05, 3.63) is 16.0 Å². The van der Waals surface area contributed by atoms with Crippen LogP contribution in [0.5, 0.6) is 0 Å². The molecule has 2 aliphatic rings. The normalized spacial score (nSPS) is 21.4. The Morgan fingerprint density at radius 3 is 2.73 bits per heavy atom. The van der Waals surface area contributed by atoms with Gasteiger partial charge in [0.1, 0.15) is 5.00 Å². The van der Waals surface area contributed by atoms with Gasteiger partial charge in [-0.2, -0.15) is 0 Å². The van der Waals surface area contributed by atoms with E-state index in [0.29, 0.717) is 32.2 Å². The van der Waals surface area contributed by atoms with Crippen molar-refractivity contribution in [3.63, 3.8) is 0 Å². The summed E-state index contributed by atoms with van der Waals surface area (Å²) in [6.07, 6.45) is 3.04.